The minimum Gasteiger partial charge on any atom is -0.427 e. The van der Waals surface area contributed by atoms with Gasteiger partial charge in [-0.1, -0.05) is 29.8 Å². The average Bonchev–Trinajstić information content (AvgIpc) is 3.11. The van der Waals surface area contributed by atoms with E-state index in [1.807, 2.05) is 6.07 Å². The van der Waals surface area contributed by atoms with Gasteiger partial charge in [0.25, 0.3) is 0 Å². The first-order chi connectivity index (χ1) is 13.4. The minimum absolute atomic E-state index is 0.0177. The second-order valence-corrected chi connectivity index (χ2v) is 7.45. The highest BCUT2D eigenvalue weighted by molar-refractivity contribution is 5.72. The van der Waals surface area contributed by atoms with Gasteiger partial charge in [-0.3, -0.25) is 9.59 Å². The SMILES string of the molecule is CC(=O)Oc1ccc([C@@H]2Nc3ccc(C)cc3[C@@H]3C=CC[C@@H]32)c(OC(C)=O)c1. The fourth-order valence-corrected chi connectivity index (χ4v) is 4.27. The van der Waals surface area contributed by atoms with Crippen molar-refractivity contribution in [1.29, 1.82) is 0 Å². The van der Waals surface area contributed by atoms with Crippen LogP contribution in [0, 0.1) is 12.8 Å². The van der Waals surface area contributed by atoms with Gasteiger partial charge in [0.05, 0.1) is 6.04 Å². The number of rotatable bonds is 3. The van der Waals surface area contributed by atoms with Crippen LogP contribution < -0.4 is 14.8 Å². The van der Waals surface area contributed by atoms with Crippen LogP contribution in [0.1, 0.15) is 48.9 Å². The highest BCUT2D eigenvalue weighted by atomic mass is 16.5. The van der Waals surface area contributed by atoms with Crippen molar-refractivity contribution in [1.82, 2.24) is 0 Å². The van der Waals surface area contributed by atoms with Crippen LogP contribution in [0.4, 0.5) is 5.69 Å². The number of aryl methyl sites for hydroxylation is 1. The van der Waals surface area contributed by atoms with Gasteiger partial charge in [0.1, 0.15) is 11.5 Å². The molecule has 2 aromatic carbocycles. The zero-order valence-electron chi connectivity index (χ0n) is 16.2. The van der Waals surface area contributed by atoms with E-state index in [9.17, 15) is 9.59 Å². The van der Waals surface area contributed by atoms with Crippen molar-refractivity contribution >= 4 is 17.6 Å². The van der Waals surface area contributed by atoms with Gasteiger partial charge in [-0.25, -0.2) is 0 Å². The quantitative estimate of drug-likeness (QED) is 0.478. The van der Waals surface area contributed by atoms with Crippen molar-refractivity contribution in [3.63, 3.8) is 0 Å². The van der Waals surface area contributed by atoms with Crippen molar-refractivity contribution in [3.05, 3.63) is 65.2 Å². The van der Waals surface area contributed by atoms with Gasteiger partial charge in [0, 0.05) is 37.1 Å². The number of carbonyl (C=O) groups is 2. The lowest BCUT2D eigenvalue weighted by atomic mass is 9.76. The topological polar surface area (TPSA) is 64.6 Å². The van der Waals surface area contributed by atoms with E-state index in [0.717, 1.165) is 17.7 Å². The lowest BCUT2D eigenvalue weighted by Gasteiger charge is -2.38. The largest absolute Gasteiger partial charge is 0.427 e. The second kappa shape index (κ2) is 7.15. The highest BCUT2D eigenvalue weighted by Crippen LogP contribution is 2.51. The zero-order valence-corrected chi connectivity index (χ0v) is 16.2. The molecule has 0 amide bonds. The van der Waals surface area contributed by atoms with E-state index in [4.69, 9.17) is 9.47 Å². The normalized spacial score (nSPS) is 22.0. The van der Waals surface area contributed by atoms with Gasteiger partial charge in [0.2, 0.25) is 0 Å². The Hall–Kier alpha value is -3.08. The lowest BCUT2D eigenvalue weighted by Crippen LogP contribution is -2.29. The zero-order chi connectivity index (χ0) is 19.8. The minimum atomic E-state index is -0.415. The van der Waals surface area contributed by atoms with Gasteiger partial charge < -0.3 is 14.8 Å². The van der Waals surface area contributed by atoms with Gasteiger partial charge >= 0.3 is 11.9 Å². The summed E-state index contributed by atoms with van der Waals surface area (Å²) in [6.07, 6.45) is 5.44. The van der Waals surface area contributed by atoms with Crippen LogP contribution in [0.3, 0.4) is 0 Å². The Morgan fingerprint density at radius 2 is 1.79 bits per heavy atom. The van der Waals surface area contributed by atoms with Crippen LogP contribution in [-0.4, -0.2) is 11.9 Å². The van der Waals surface area contributed by atoms with Crippen LogP contribution in [0.2, 0.25) is 0 Å². The van der Waals surface area contributed by atoms with Crippen molar-refractivity contribution in [2.24, 2.45) is 5.92 Å². The summed E-state index contributed by atoms with van der Waals surface area (Å²) in [6, 6.07) is 11.7. The summed E-state index contributed by atoms with van der Waals surface area (Å²) in [5.41, 5.74) is 4.53. The molecule has 0 saturated heterocycles. The van der Waals surface area contributed by atoms with E-state index < -0.39 is 11.9 Å². The van der Waals surface area contributed by atoms with Gasteiger partial charge in [-0.2, -0.15) is 0 Å². The van der Waals surface area contributed by atoms with Crippen molar-refractivity contribution in [3.8, 4) is 11.5 Å². The molecule has 0 unspecified atom stereocenters. The summed E-state index contributed by atoms with van der Waals surface area (Å²) in [5.74, 6) is 0.601. The molecule has 5 nitrogen and oxygen atoms in total. The summed E-state index contributed by atoms with van der Waals surface area (Å²) in [4.78, 5) is 23.0. The molecule has 0 aromatic heterocycles. The number of hydrogen-bond acceptors (Lipinski definition) is 5. The van der Waals surface area contributed by atoms with E-state index in [0.29, 0.717) is 23.3 Å². The molecule has 0 saturated carbocycles. The molecule has 0 bridgehead atoms. The van der Waals surface area contributed by atoms with Crippen LogP contribution in [-0.2, 0) is 9.59 Å². The number of ether oxygens (including phenoxy) is 2. The number of carbonyl (C=O) groups excluding carboxylic acids is 2. The molecule has 0 fully saturated rings. The number of allylic oxidation sites excluding steroid dienone is 2. The number of anilines is 1. The molecule has 3 atom stereocenters. The Balaban J connectivity index is 1.76. The van der Waals surface area contributed by atoms with E-state index in [1.165, 1.54) is 25.0 Å². The third-order valence-electron chi connectivity index (χ3n) is 5.35. The number of nitrogens with one attached hydrogen (secondary N) is 1. The predicted molar refractivity (Wildman–Crippen MR) is 107 cm³/mol. The fraction of sp³-hybridized carbons (Fsp3) is 0.304. The van der Waals surface area contributed by atoms with Crippen LogP contribution in [0.25, 0.3) is 0 Å². The molecular weight excluding hydrogens is 354 g/mol. The summed E-state index contributed by atoms with van der Waals surface area (Å²) >= 11 is 0. The first-order valence-electron chi connectivity index (χ1n) is 9.47. The lowest BCUT2D eigenvalue weighted by molar-refractivity contribution is -0.132. The molecule has 0 radical (unpaired) electrons. The average molecular weight is 377 g/mol. The van der Waals surface area contributed by atoms with Gasteiger partial charge in [0.15, 0.2) is 0 Å². The predicted octanol–water partition coefficient (Wildman–Crippen LogP) is 4.67. The van der Waals surface area contributed by atoms with E-state index in [1.54, 1.807) is 12.1 Å². The highest BCUT2D eigenvalue weighted by Gasteiger charge is 2.39. The summed E-state index contributed by atoms with van der Waals surface area (Å²) in [5, 5.41) is 3.65. The van der Waals surface area contributed by atoms with Crippen LogP contribution in [0.5, 0.6) is 11.5 Å². The van der Waals surface area contributed by atoms with Crippen molar-refractivity contribution in [2.75, 3.05) is 5.32 Å². The molecular formula is C23H23NO4. The summed E-state index contributed by atoms with van der Waals surface area (Å²) in [6.45, 7) is 4.82. The Labute approximate surface area is 164 Å². The number of fused-ring (bicyclic) bond motifs is 3. The number of hydrogen-bond donors (Lipinski definition) is 1. The molecule has 1 aliphatic heterocycles. The third-order valence-corrected chi connectivity index (χ3v) is 5.35. The monoisotopic (exact) mass is 377 g/mol. The van der Waals surface area contributed by atoms with Crippen LogP contribution in [0.15, 0.2) is 48.6 Å². The molecule has 144 valence electrons. The molecule has 5 heteroatoms. The Morgan fingerprint density at radius 3 is 2.54 bits per heavy atom. The third kappa shape index (κ3) is 3.40. The van der Waals surface area contributed by atoms with Gasteiger partial charge in [-0.15, -0.1) is 0 Å². The summed E-state index contributed by atoms with van der Waals surface area (Å²) in [7, 11) is 0. The second-order valence-electron chi connectivity index (χ2n) is 7.45. The Kier molecular flexibility index (Phi) is 4.67. The van der Waals surface area contributed by atoms with Crippen molar-refractivity contribution < 1.29 is 19.1 Å². The van der Waals surface area contributed by atoms with Gasteiger partial charge in [-0.05, 0) is 43.0 Å². The Bertz CT molecular complexity index is 979. The number of benzene rings is 2. The van der Waals surface area contributed by atoms with Crippen molar-refractivity contribution in [2.45, 2.75) is 39.2 Å². The summed E-state index contributed by atoms with van der Waals surface area (Å²) < 4.78 is 10.7. The maximum absolute atomic E-state index is 11.7. The first kappa shape index (κ1) is 18.3. The number of esters is 2. The fourth-order valence-electron chi connectivity index (χ4n) is 4.27. The Morgan fingerprint density at radius 1 is 1.00 bits per heavy atom. The molecule has 1 heterocycles. The molecule has 0 spiro atoms. The smallest absolute Gasteiger partial charge is 0.308 e. The van der Waals surface area contributed by atoms with E-state index >= 15 is 0 Å². The van der Waals surface area contributed by atoms with Crippen LogP contribution >= 0.6 is 0 Å². The molecule has 1 aliphatic carbocycles. The molecule has 4 rings (SSSR count). The molecule has 1 N–H and O–H groups in total. The standard InChI is InChI=1S/C23H23NO4/c1-13-7-10-21-20(11-13)17-5-4-6-18(17)23(24-21)19-9-8-16(27-14(2)25)12-22(19)28-15(3)26/h4-5,7-12,17-18,23-24H,6H2,1-3H3/t17-,18+,23-/m1/s1. The molecule has 28 heavy (non-hydrogen) atoms. The maximum Gasteiger partial charge on any atom is 0.308 e. The molecule has 2 aliphatic rings. The molecule has 2 aromatic rings. The maximum atomic E-state index is 11.7. The first-order valence-corrected chi connectivity index (χ1v) is 9.47. The van der Waals surface area contributed by atoms with E-state index in [-0.39, 0.29) is 6.04 Å². The van der Waals surface area contributed by atoms with E-state index in [2.05, 4.69) is 42.6 Å².